The summed E-state index contributed by atoms with van der Waals surface area (Å²) in [6.45, 7) is 2.36. The fraction of sp³-hybridized carbons (Fsp3) is 0.174. The third kappa shape index (κ3) is 4.43. The van der Waals surface area contributed by atoms with E-state index in [1.54, 1.807) is 6.20 Å². The van der Waals surface area contributed by atoms with Gasteiger partial charge in [-0.15, -0.1) is 0 Å². The Morgan fingerprint density at radius 2 is 1.79 bits per heavy atom. The molecule has 0 aliphatic rings. The fourth-order valence-electron chi connectivity index (χ4n) is 3.21. The van der Waals surface area contributed by atoms with Gasteiger partial charge in [0.1, 0.15) is 24.7 Å². The van der Waals surface area contributed by atoms with Crippen LogP contribution in [0.25, 0.3) is 11.0 Å². The second-order valence-corrected chi connectivity index (χ2v) is 6.75. The maximum absolute atomic E-state index is 12.7. The number of nitrogens with zero attached hydrogens (tertiary/aromatic N) is 3. The minimum absolute atomic E-state index is 0.104. The number of para-hydroxylation sites is 3. The van der Waals surface area contributed by atoms with Gasteiger partial charge in [-0.25, -0.2) is 4.98 Å². The lowest BCUT2D eigenvalue weighted by Crippen LogP contribution is -2.31. The summed E-state index contributed by atoms with van der Waals surface area (Å²) in [6.07, 6.45) is 1.72. The lowest BCUT2D eigenvalue weighted by atomic mass is 10.2. The van der Waals surface area contributed by atoms with Crippen molar-refractivity contribution in [2.75, 3.05) is 0 Å². The summed E-state index contributed by atoms with van der Waals surface area (Å²) in [5, 5.41) is 3.01. The number of imidazole rings is 1. The van der Waals surface area contributed by atoms with Crippen molar-refractivity contribution in [3.8, 4) is 5.75 Å². The smallest absolute Gasteiger partial charge is 0.240 e. The van der Waals surface area contributed by atoms with E-state index in [4.69, 9.17) is 4.74 Å². The molecule has 2 heterocycles. The van der Waals surface area contributed by atoms with E-state index in [1.165, 1.54) is 0 Å². The predicted molar refractivity (Wildman–Crippen MR) is 111 cm³/mol. The van der Waals surface area contributed by atoms with Crippen LogP contribution in [-0.2, 0) is 17.9 Å². The van der Waals surface area contributed by atoms with E-state index in [2.05, 4.69) is 15.3 Å². The van der Waals surface area contributed by atoms with Crippen molar-refractivity contribution in [2.24, 2.45) is 0 Å². The minimum Gasteiger partial charge on any atom is -0.486 e. The van der Waals surface area contributed by atoms with Crippen molar-refractivity contribution in [1.29, 1.82) is 0 Å². The number of fused-ring (bicyclic) bond motifs is 1. The van der Waals surface area contributed by atoms with E-state index >= 15 is 0 Å². The summed E-state index contributed by atoms with van der Waals surface area (Å²) in [7, 11) is 0. The number of hydrogen-bond acceptors (Lipinski definition) is 4. The van der Waals surface area contributed by atoms with Crippen molar-refractivity contribution >= 4 is 16.9 Å². The van der Waals surface area contributed by atoms with Gasteiger partial charge in [0.2, 0.25) is 5.91 Å². The lowest BCUT2D eigenvalue weighted by Gasteiger charge is -2.15. The van der Waals surface area contributed by atoms with Gasteiger partial charge in [-0.1, -0.05) is 36.4 Å². The fourth-order valence-corrected chi connectivity index (χ4v) is 3.21. The SMILES string of the molecule is C[C@@H](NC(=O)Cn1c(COc2ccccc2)nc2ccccc21)c1ccccn1. The van der Waals surface area contributed by atoms with Gasteiger partial charge in [0, 0.05) is 6.20 Å². The molecule has 0 spiro atoms. The molecule has 2 aromatic carbocycles. The maximum Gasteiger partial charge on any atom is 0.240 e. The molecule has 0 aliphatic heterocycles. The van der Waals surface area contributed by atoms with Crippen LogP contribution in [0, 0.1) is 0 Å². The van der Waals surface area contributed by atoms with E-state index in [-0.39, 0.29) is 25.1 Å². The zero-order valence-electron chi connectivity index (χ0n) is 16.2. The van der Waals surface area contributed by atoms with Gasteiger partial charge >= 0.3 is 0 Å². The molecule has 0 fully saturated rings. The first-order valence-electron chi connectivity index (χ1n) is 9.53. The summed E-state index contributed by atoms with van der Waals surface area (Å²) in [4.78, 5) is 21.7. The number of ether oxygens (including phenoxy) is 1. The van der Waals surface area contributed by atoms with Crippen LogP contribution in [-0.4, -0.2) is 20.4 Å². The largest absolute Gasteiger partial charge is 0.486 e. The molecule has 0 radical (unpaired) electrons. The standard InChI is InChI=1S/C23H22N4O2/c1-17(19-11-7-8-14-24-19)25-23(28)15-27-21-13-6-5-12-20(21)26-22(27)16-29-18-9-3-2-4-10-18/h2-14,17H,15-16H2,1H3,(H,25,28)/t17-/m1/s1. The molecule has 6 nitrogen and oxygen atoms in total. The van der Waals surface area contributed by atoms with Gasteiger partial charge in [-0.2, -0.15) is 0 Å². The van der Waals surface area contributed by atoms with Gasteiger partial charge in [-0.05, 0) is 43.3 Å². The number of amides is 1. The summed E-state index contributed by atoms with van der Waals surface area (Å²) in [5.41, 5.74) is 2.56. The summed E-state index contributed by atoms with van der Waals surface area (Å²) < 4.78 is 7.77. The Hall–Kier alpha value is -3.67. The van der Waals surface area contributed by atoms with Crippen molar-refractivity contribution in [3.05, 3.63) is 90.5 Å². The Labute approximate surface area is 169 Å². The Morgan fingerprint density at radius 1 is 1.03 bits per heavy atom. The third-order valence-corrected chi connectivity index (χ3v) is 4.66. The van der Waals surface area contributed by atoms with E-state index in [0.29, 0.717) is 5.82 Å². The first-order chi connectivity index (χ1) is 14.2. The van der Waals surface area contributed by atoms with Crippen LogP contribution in [0.2, 0.25) is 0 Å². The van der Waals surface area contributed by atoms with Gasteiger partial charge in [-0.3, -0.25) is 9.78 Å². The average molecular weight is 386 g/mol. The first-order valence-corrected chi connectivity index (χ1v) is 9.53. The van der Waals surface area contributed by atoms with Crippen LogP contribution in [0.3, 0.4) is 0 Å². The minimum atomic E-state index is -0.178. The summed E-state index contributed by atoms with van der Waals surface area (Å²) >= 11 is 0. The zero-order chi connectivity index (χ0) is 20.1. The molecule has 29 heavy (non-hydrogen) atoms. The van der Waals surface area contributed by atoms with Crippen LogP contribution in [0.5, 0.6) is 5.75 Å². The Balaban J connectivity index is 1.53. The molecule has 2 aromatic heterocycles. The van der Waals surface area contributed by atoms with Gasteiger partial charge < -0.3 is 14.6 Å². The summed E-state index contributed by atoms with van der Waals surface area (Å²) in [6, 6.07) is 22.8. The number of hydrogen-bond donors (Lipinski definition) is 1. The third-order valence-electron chi connectivity index (χ3n) is 4.66. The number of carbonyl (C=O) groups excluding carboxylic acids is 1. The van der Waals surface area contributed by atoms with Gasteiger partial charge in [0.15, 0.2) is 0 Å². The number of benzene rings is 2. The molecule has 6 heteroatoms. The topological polar surface area (TPSA) is 69.0 Å². The highest BCUT2D eigenvalue weighted by Crippen LogP contribution is 2.18. The molecule has 0 aliphatic carbocycles. The van der Waals surface area contributed by atoms with Crippen LogP contribution in [0.4, 0.5) is 0 Å². The molecule has 0 unspecified atom stereocenters. The number of carbonyl (C=O) groups is 1. The second kappa shape index (κ2) is 8.56. The monoisotopic (exact) mass is 386 g/mol. The van der Waals surface area contributed by atoms with Crippen molar-refractivity contribution in [2.45, 2.75) is 26.1 Å². The van der Waals surface area contributed by atoms with Crippen LogP contribution >= 0.6 is 0 Å². The number of aromatic nitrogens is 3. The van der Waals surface area contributed by atoms with Gasteiger partial charge in [0.25, 0.3) is 0 Å². The first kappa shape index (κ1) is 18.7. The molecule has 0 bridgehead atoms. The molecule has 0 saturated carbocycles. The lowest BCUT2D eigenvalue weighted by molar-refractivity contribution is -0.122. The van der Waals surface area contributed by atoms with E-state index in [1.807, 2.05) is 84.3 Å². The molecular formula is C23H22N4O2. The van der Waals surface area contributed by atoms with Gasteiger partial charge in [0.05, 0.1) is 22.8 Å². The normalized spacial score (nSPS) is 11.9. The second-order valence-electron chi connectivity index (χ2n) is 6.75. The van der Waals surface area contributed by atoms with Crippen LogP contribution in [0.1, 0.15) is 24.5 Å². The van der Waals surface area contributed by atoms with E-state index in [9.17, 15) is 4.79 Å². The number of pyridine rings is 1. The number of nitrogens with one attached hydrogen (secondary N) is 1. The quantitative estimate of drug-likeness (QED) is 0.523. The Morgan fingerprint density at radius 3 is 2.59 bits per heavy atom. The molecule has 4 aromatic rings. The predicted octanol–water partition coefficient (Wildman–Crippen LogP) is 3.89. The Bertz CT molecular complexity index is 1090. The van der Waals surface area contributed by atoms with Crippen molar-refractivity contribution < 1.29 is 9.53 Å². The van der Waals surface area contributed by atoms with Crippen molar-refractivity contribution in [1.82, 2.24) is 19.9 Å². The maximum atomic E-state index is 12.7. The van der Waals surface area contributed by atoms with Crippen molar-refractivity contribution in [3.63, 3.8) is 0 Å². The highest BCUT2D eigenvalue weighted by atomic mass is 16.5. The molecule has 4 rings (SSSR count). The molecular weight excluding hydrogens is 364 g/mol. The van der Waals surface area contributed by atoms with E-state index in [0.717, 1.165) is 22.5 Å². The van der Waals surface area contributed by atoms with Crippen LogP contribution in [0.15, 0.2) is 79.0 Å². The average Bonchev–Trinajstić information content (AvgIpc) is 3.11. The van der Waals surface area contributed by atoms with E-state index < -0.39 is 0 Å². The van der Waals surface area contributed by atoms with Crippen LogP contribution < -0.4 is 10.1 Å². The molecule has 1 amide bonds. The zero-order valence-corrected chi connectivity index (χ0v) is 16.2. The molecule has 146 valence electrons. The molecule has 0 saturated heterocycles. The highest BCUT2D eigenvalue weighted by Gasteiger charge is 2.16. The Kier molecular flexibility index (Phi) is 5.52. The highest BCUT2D eigenvalue weighted by molar-refractivity contribution is 5.81. The molecule has 1 atom stereocenters. The number of rotatable bonds is 7. The molecule has 1 N–H and O–H groups in total. The summed E-state index contributed by atoms with van der Waals surface area (Å²) in [5.74, 6) is 1.36.